The van der Waals surface area contributed by atoms with Crippen LogP contribution >= 0.6 is 15.9 Å². The van der Waals surface area contributed by atoms with Gasteiger partial charge in [0.15, 0.2) is 0 Å². The zero-order valence-electron chi connectivity index (χ0n) is 9.07. The summed E-state index contributed by atoms with van der Waals surface area (Å²) in [6.45, 7) is 3.70. The van der Waals surface area contributed by atoms with Crippen LogP contribution in [0.25, 0.3) is 5.57 Å². The van der Waals surface area contributed by atoms with Crippen molar-refractivity contribution in [2.24, 2.45) is 0 Å². The summed E-state index contributed by atoms with van der Waals surface area (Å²) >= 11 is 3.30. The van der Waals surface area contributed by atoms with E-state index in [9.17, 15) is 4.79 Å². The Kier molecular flexibility index (Phi) is 4.99. The number of esters is 1. The van der Waals surface area contributed by atoms with Gasteiger partial charge in [0.05, 0.1) is 7.11 Å². The molecule has 0 aromatic heterocycles. The van der Waals surface area contributed by atoms with Crippen molar-refractivity contribution in [3.63, 3.8) is 0 Å². The summed E-state index contributed by atoms with van der Waals surface area (Å²) < 4.78 is 4.61. The van der Waals surface area contributed by atoms with E-state index in [1.165, 1.54) is 7.11 Å². The molecule has 0 aliphatic heterocycles. The van der Waals surface area contributed by atoms with Gasteiger partial charge in [0.25, 0.3) is 0 Å². The maximum Gasteiger partial charge on any atom is 0.333 e. The molecule has 0 bridgehead atoms. The van der Waals surface area contributed by atoms with Crippen LogP contribution < -0.4 is 0 Å². The highest BCUT2D eigenvalue weighted by Gasteiger charge is 2.10. The summed E-state index contributed by atoms with van der Waals surface area (Å²) in [5, 5.41) is 0. The topological polar surface area (TPSA) is 26.3 Å². The fourth-order valence-corrected chi connectivity index (χ4v) is 1.73. The van der Waals surface area contributed by atoms with Crippen LogP contribution in [0.4, 0.5) is 0 Å². The van der Waals surface area contributed by atoms with Crippen LogP contribution in [0.5, 0.6) is 0 Å². The first-order chi connectivity index (χ1) is 7.69. The van der Waals surface area contributed by atoms with Crippen molar-refractivity contribution in [3.05, 3.63) is 53.0 Å². The van der Waals surface area contributed by atoms with Crippen molar-refractivity contribution in [3.8, 4) is 0 Å². The van der Waals surface area contributed by atoms with Gasteiger partial charge in [-0.25, -0.2) is 4.79 Å². The standard InChI is InChI=1S/C13H13BrO2/c1-10(13(15)16-2)8-12(9-14)11-6-4-3-5-7-11/h3-7,9H,1,8H2,2H3/b12-9-. The largest absolute Gasteiger partial charge is 0.466 e. The number of halogens is 1. The van der Waals surface area contributed by atoms with Gasteiger partial charge in [-0.1, -0.05) is 52.8 Å². The first-order valence-electron chi connectivity index (χ1n) is 4.79. The number of hydrogen-bond donors (Lipinski definition) is 0. The Morgan fingerprint density at radius 3 is 2.56 bits per heavy atom. The third-order valence-corrected chi connectivity index (χ3v) is 2.71. The summed E-state index contributed by atoms with van der Waals surface area (Å²) in [6.07, 6.45) is 0.474. The second-order valence-corrected chi connectivity index (χ2v) is 3.73. The molecule has 0 spiro atoms. The Morgan fingerprint density at radius 1 is 1.44 bits per heavy atom. The summed E-state index contributed by atoms with van der Waals surface area (Å²) in [7, 11) is 1.35. The molecule has 0 heterocycles. The number of rotatable bonds is 4. The molecule has 0 unspecified atom stereocenters. The minimum Gasteiger partial charge on any atom is -0.466 e. The Morgan fingerprint density at radius 2 is 2.06 bits per heavy atom. The molecule has 0 N–H and O–H groups in total. The molecule has 0 saturated carbocycles. The lowest BCUT2D eigenvalue weighted by Gasteiger charge is -2.07. The molecule has 1 aromatic carbocycles. The van der Waals surface area contributed by atoms with E-state index in [0.29, 0.717) is 12.0 Å². The number of benzene rings is 1. The van der Waals surface area contributed by atoms with Crippen LogP contribution in [0.1, 0.15) is 12.0 Å². The van der Waals surface area contributed by atoms with Crippen molar-refractivity contribution in [2.45, 2.75) is 6.42 Å². The maximum absolute atomic E-state index is 11.2. The van der Waals surface area contributed by atoms with E-state index in [4.69, 9.17) is 0 Å². The highest BCUT2D eigenvalue weighted by atomic mass is 79.9. The summed E-state index contributed by atoms with van der Waals surface area (Å²) in [4.78, 5) is 13.0. The highest BCUT2D eigenvalue weighted by Crippen LogP contribution is 2.23. The molecule has 3 heteroatoms. The molecule has 0 saturated heterocycles. The fraction of sp³-hybridized carbons (Fsp3) is 0.154. The third-order valence-electron chi connectivity index (χ3n) is 2.15. The van der Waals surface area contributed by atoms with E-state index < -0.39 is 0 Å². The third kappa shape index (κ3) is 3.35. The zero-order chi connectivity index (χ0) is 12.0. The van der Waals surface area contributed by atoms with E-state index in [2.05, 4.69) is 27.2 Å². The summed E-state index contributed by atoms with van der Waals surface area (Å²) in [5.74, 6) is -0.372. The Balaban J connectivity index is 2.79. The van der Waals surface area contributed by atoms with Crippen LogP contribution in [0.3, 0.4) is 0 Å². The van der Waals surface area contributed by atoms with Crippen molar-refractivity contribution >= 4 is 27.5 Å². The lowest BCUT2D eigenvalue weighted by atomic mass is 10.0. The summed E-state index contributed by atoms with van der Waals surface area (Å²) in [5.41, 5.74) is 2.50. The van der Waals surface area contributed by atoms with Crippen LogP contribution in [0.15, 0.2) is 47.5 Å². The lowest BCUT2D eigenvalue weighted by molar-refractivity contribution is -0.136. The quantitative estimate of drug-likeness (QED) is 0.623. The van der Waals surface area contributed by atoms with Gasteiger partial charge < -0.3 is 4.74 Å². The molecule has 0 radical (unpaired) electrons. The van der Waals surface area contributed by atoms with Crippen molar-refractivity contribution in [2.75, 3.05) is 7.11 Å². The van der Waals surface area contributed by atoms with Gasteiger partial charge in [-0.2, -0.15) is 0 Å². The van der Waals surface area contributed by atoms with Gasteiger partial charge in [-0.05, 0) is 16.1 Å². The Labute approximate surface area is 104 Å². The first kappa shape index (κ1) is 12.7. The number of methoxy groups -OCH3 is 1. The van der Waals surface area contributed by atoms with Crippen molar-refractivity contribution in [1.82, 2.24) is 0 Å². The van der Waals surface area contributed by atoms with Gasteiger partial charge >= 0.3 is 5.97 Å². The predicted molar refractivity (Wildman–Crippen MR) is 69.1 cm³/mol. The molecule has 1 rings (SSSR count). The number of ether oxygens (including phenoxy) is 1. The minimum absolute atomic E-state index is 0.372. The monoisotopic (exact) mass is 280 g/mol. The van der Waals surface area contributed by atoms with E-state index >= 15 is 0 Å². The minimum atomic E-state index is -0.372. The number of allylic oxidation sites excluding steroid dienone is 1. The Hall–Kier alpha value is -1.35. The molecule has 1 aromatic rings. The van der Waals surface area contributed by atoms with Gasteiger partial charge in [0, 0.05) is 12.0 Å². The molecule has 0 aliphatic carbocycles. The van der Waals surface area contributed by atoms with E-state index in [1.807, 2.05) is 30.3 Å². The molecule has 16 heavy (non-hydrogen) atoms. The molecular formula is C13H13BrO2. The van der Waals surface area contributed by atoms with E-state index in [0.717, 1.165) is 11.1 Å². The molecule has 0 atom stereocenters. The average Bonchev–Trinajstić information content (AvgIpc) is 2.35. The SMILES string of the molecule is C=C(C/C(=C/Br)c1ccccc1)C(=O)OC. The molecule has 0 aliphatic rings. The van der Waals surface area contributed by atoms with Crippen molar-refractivity contribution in [1.29, 1.82) is 0 Å². The van der Waals surface area contributed by atoms with E-state index in [-0.39, 0.29) is 5.97 Å². The number of carbonyl (C=O) groups excluding carboxylic acids is 1. The lowest BCUT2D eigenvalue weighted by Crippen LogP contribution is -2.04. The van der Waals surface area contributed by atoms with Gasteiger partial charge in [0.2, 0.25) is 0 Å². The fourth-order valence-electron chi connectivity index (χ4n) is 1.30. The normalized spacial score (nSPS) is 11.0. The van der Waals surface area contributed by atoms with Crippen molar-refractivity contribution < 1.29 is 9.53 Å². The Bertz CT molecular complexity index is 407. The van der Waals surface area contributed by atoms with Crippen LogP contribution in [0, 0.1) is 0 Å². The second-order valence-electron chi connectivity index (χ2n) is 3.27. The predicted octanol–water partition coefficient (Wildman–Crippen LogP) is 3.54. The van der Waals surface area contributed by atoms with Gasteiger partial charge in [0.1, 0.15) is 0 Å². The van der Waals surface area contributed by atoms with Crippen LogP contribution in [-0.4, -0.2) is 13.1 Å². The first-order valence-corrected chi connectivity index (χ1v) is 5.71. The zero-order valence-corrected chi connectivity index (χ0v) is 10.7. The average molecular weight is 281 g/mol. The molecule has 0 fully saturated rings. The highest BCUT2D eigenvalue weighted by molar-refractivity contribution is 9.11. The van der Waals surface area contributed by atoms with Crippen LogP contribution in [0.2, 0.25) is 0 Å². The van der Waals surface area contributed by atoms with Gasteiger partial charge in [-0.15, -0.1) is 0 Å². The number of hydrogen-bond acceptors (Lipinski definition) is 2. The smallest absolute Gasteiger partial charge is 0.333 e. The summed E-state index contributed by atoms with van der Waals surface area (Å²) in [6, 6.07) is 9.82. The van der Waals surface area contributed by atoms with Crippen LogP contribution in [-0.2, 0) is 9.53 Å². The maximum atomic E-state index is 11.2. The molecule has 84 valence electrons. The van der Waals surface area contributed by atoms with Gasteiger partial charge in [-0.3, -0.25) is 0 Å². The molecule has 2 nitrogen and oxygen atoms in total. The number of carbonyl (C=O) groups is 1. The van der Waals surface area contributed by atoms with E-state index in [1.54, 1.807) is 4.99 Å². The second kappa shape index (κ2) is 6.28. The molecular weight excluding hydrogens is 268 g/mol. The molecule has 0 amide bonds.